The van der Waals surface area contributed by atoms with Crippen LogP contribution in [0.5, 0.6) is 5.75 Å². The number of para-hydroxylation sites is 1. The average Bonchev–Trinajstić information content (AvgIpc) is 2.61. The molecule has 3 nitrogen and oxygen atoms in total. The number of carbonyl (C=O) groups excluding carboxylic acids is 1. The Bertz CT molecular complexity index is 636. The van der Waals surface area contributed by atoms with Crippen molar-refractivity contribution >= 4 is 17.7 Å². The van der Waals surface area contributed by atoms with Crippen molar-refractivity contribution < 1.29 is 13.9 Å². The molecule has 0 fully saturated rings. The van der Waals surface area contributed by atoms with Gasteiger partial charge in [-0.3, -0.25) is 4.79 Å². The number of carbonyl (C=O) groups is 1. The highest BCUT2D eigenvalue weighted by molar-refractivity contribution is 7.98. The Kier molecular flexibility index (Phi) is 7.62. The second-order valence-corrected chi connectivity index (χ2v) is 6.38. The molecule has 0 aliphatic carbocycles. The van der Waals surface area contributed by atoms with Crippen LogP contribution in [0.2, 0.25) is 0 Å². The monoisotopic (exact) mass is 347 g/mol. The van der Waals surface area contributed by atoms with Gasteiger partial charge < -0.3 is 10.1 Å². The molecule has 0 unspecified atom stereocenters. The fourth-order valence-electron chi connectivity index (χ4n) is 2.14. The van der Waals surface area contributed by atoms with Gasteiger partial charge in [0, 0.05) is 18.1 Å². The van der Waals surface area contributed by atoms with E-state index in [9.17, 15) is 9.18 Å². The fourth-order valence-corrected chi connectivity index (χ4v) is 2.96. The van der Waals surface area contributed by atoms with E-state index in [2.05, 4.69) is 17.4 Å². The summed E-state index contributed by atoms with van der Waals surface area (Å²) >= 11 is 1.76. The van der Waals surface area contributed by atoms with E-state index < -0.39 is 11.9 Å². The predicted octanol–water partition coefficient (Wildman–Crippen LogP) is 4.03. The standard InChI is InChI=1S/C19H22FNO2S/c1-2-17(23-18-11-7-6-10-16(18)20)19(22)21-12-13-24-14-15-8-4-3-5-9-15/h3-11,17H,2,12-14H2,1H3,(H,21,22)/t17-/m0/s1. The maximum absolute atomic E-state index is 13.6. The zero-order valence-corrected chi connectivity index (χ0v) is 14.5. The third-order valence-corrected chi connectivity index (χ3v) is 4.46. The van der Waals surface area contributed by atoms with Crippen LogP contribution in [0.15, 0.2) is 54.6 Å². The van der Waals surface area contributed by atoms with Crippen LogP contribution in [0.3, 0.4) is 0 Å². The number of amides is 1. The first-order valence-electron chi connectivity index (χ1n) is 8.01. The minimum atomic E-state index is -0.680. The molecule has 1 amide bonds. The maximum atomic E-state index is 13.6. The van der Waals surface area contributed by atoms with E-state index in [1.807, 2.05) is 25.1 Å². The van der Waals surface area contributed by atoms with Gasteiger partial charge >= 0.3 is 0 Å². The summed E-state index contributed by atoms with van der Waals surface area (Å²) in [4.78, 5) is 12.2. The molecule has 0 radical (unpaired) electrons. The summed E-state index contributed by atoms with van der Waals surface area (Å²) in [5.41, 5.74) is 1.27. The third-order valence-electron chi connectivity index (χ3n) is 3.43. The van der Waals surface area contributed by atoms with Gasteiger partial charge in [-0.2, -0.15) is 11.8 Å². The number of nitrogens with one attached hydrogen (secondary N) is 1. The van der Waals surface area contributed by atoms with Gasteiger partial charge in [0.1, 0.15) is 0 Å². The van der Waals surface area contributed by atoms with Crippen LogP contribution in [0.25, 0.3) is 0 Å². The van der Waals surface area contributed by atoms with Crippen molar-refractivity contribution in [2.24, 2.45) is 0 Å². The maximum Gasteiger partial charge on any atom is 0.261 e. The first-order chi connectivity index (χ1) is 11.7. The third kappa shape index (κ3) is 5.89. The van der Waals surface area contributed by atoms with Gasteiger partial charge in [-0.1, -0.05) is 49.4 Å². The highest BCUT2D eigenvalue weighted by atomic mass is 32.2. The van der Waals surface area contributed by atoms with Crippen LogP contribution in [-0.2, 0) is 10.5 Å². The summed E-state index contributed by atoms with van der Waals surface area (Å²) in [7, 11) is 0. The molecule has 1 atom stereocenters. The summed E-state index contributed by atoms with van der Waals surface area (Å²) in [6.45, 7) is 2.41. The molecule has 0 saturated carbocycles. The van der Waals surface area contributed by atoms with Crippen LogP contribution in [-0.4, -0.2) is 24.3 Å². The van der Waals surface area contributed by atoms with Crippen LogP contribution in [0, 0.1) is 5.82 Å². The zero-order chi connectivity index (χ0) is 17.2. The highest BCUT2D eigenvalue weighted by Crippen LogP contribution is 2.18. The molecule has 0 aliphatic rings. The molecule has 2 rings (SSSR count). The molecule has 2 aromatic rings. The summed E-state index contributed by atoms with van der Waals surface area (Å²) in [5, 5.41) is 2.85. The number of rotatable bonds is 9. The largest absolute Gasteiger partial charge is 0.478 e. The van der Waals surface area contributed by atoms with Gasteiger partial charge in [-0.25, -0.2) is 4.39 Å². The summed E-state index contributed by atoms with van der Waals surface area (Å²) < 4.78 is 19.1. The van der Waals surface area contributed by atoms with Crippen LogP contribution < -0.4 is 10.1 Å². The van der Waals surface area contributed by atoms with E-state index in [1.54, 1.807) is 23.9 Å². The van der Waals surface area contributed by atoms with Crippen molar-refractivity contribution in [1.82, 2.24) is 5.32 Å². The van der Waals surface area contributed by atoms with Crippen LogP contribution in [0.1, 0.15) is 18.9 Å². The van der Waals surface area contributed by atoms with Gasteiger partial charge in [0.15, 0.2) is 17.7 Å². The molecule has 24 heavy (non-hydrogen) atoms. The first kappa shape index (κ1) is 18.3. The van der Waals surface area contributed by atoms with Gasteiger partial charge in [0.25, 0.3) is 5.91 Å². The summed E-state index contributed by atoms with van der Waals surface area (Å²) in [6, 6.07) is 16.3. The molecule has 128 valence electrons. The molecule has 0 aromatic heterocycles. The van der Waals surface area contributed by atoms with Gasteiger partial charge in [0.05, 0.1) is 0 Å². The van der Waals surface area contributed by atoms with Crippen molar-refractivity contribution in [2.45, 2.75) is 25.2 Å². The van der Waals surface area contributed by atoms with E-state index in [4.69, 9.17) is 4.74 Å². The average molecular weight is 347 g/mol. The van der Waals surface area contributed by atoms with Crippen LogP contribution in [0.4, 0.5) is 4.39 Å². The minimum Gasteiger partial charge on any atom is -0.478 e. The second-order valence-electron chi connectivity index (χ2n) is 5.27. The summed E-state index contributed by atoms with van der Waals surface area (Å²) in [6.07, 6.45) is -0.196. The Hall–Kier alpha value is -2.01. The SMILES string of the molecule is CC[C@H](Oc1ccccc1F)C(=O)NCCSCc1ccccc1. The highest BCUT2D eigenvalue weighted by Gasteiger charge is 2.19. The number of halogens is 1. The lowest BCUT2D eigenvalue weighted by Gasteiger charge is -2.17. The van der Waals surface area contributed by atoms with Crippen LogP contribution >= 0.6 is 11.8 Å². The van der Waals surface area contributed by atoms with Gasteiger partial charge in [0.2, 0.25) is 0 Å². The fraction of sp³-hybridized carbons (Fsp3) is 0.316. The van der Waals surface area contributed by atoms with Crippen molar-refractivity contribution in [1.29, 1.82) is 0 Å². The molecule has 0 bridgehead atoms. The zero-order valence-electron chi connectivity index (χ0n) is 13.7. The molecule has 0 spiro atoms. The molecule has 5 heteroatoms. The normalized spacial score (nSPS) is 11.8. The molecule has 2 aromatic carbocycles. The lowest BCUT2D eigenvalue weighted by molar-refractivity contribution is -0.128. The minimum absolute atomic E-state index is 0.109. The quantitative estimate of drug-likeness (QED) is 0.696. The van der Waals surface area contributed by atoms with E-state index >= 15 is 0 Å². The number of thioether (sulfide) groups is 1. The van der Waals surface area contributed by atoms with E-state index in [1.165, 1.54) is 17.7 Å². The topological polar surface area (TPSA) is 38.3 Å². The predicted molar refractivity (Wildman–Crippen MR) is 96.7 cm³/mol. The lowest BCUT2D eigenvalue weighted by Crippen LogP contribution is -2.39. The van der Waals surface area contributed by atoms with Crippen molar-refractivity contribution in [2.75, 3.05) is 12.3 Å². The van der Waals surface area contributed by atoms with E-state index in [0.717, 1.165) is 11.5 Å². The van der Waals surface area contributed by atoms with Crippen molar-refractivity contribution in [3.63, 3.8) is 0 Å². The summed E-state index contributed by atoms with van der Waals surface area (Å²) in [5.74, 6) is 1.18. The van der Waals surface area contributed by atoms with E-state index in [-0.39, 0.29) is 11.7 Å². The Balaban J connectivity index is 1.71. The molecule has 0 aliphatic heterocycles. The molecular formula is C19H22FNO2S. The number of benzene rings is 2. The Morgan fingerprint density at radius 2 is 1.88 bits per heavy atom. The number of ether oxygens (including phenoxy) is 1. The molecule has 1 N–H and O–H groups in total. The number of hydrogen-bond acceptors (Lipinski definition) is 3. The Morgan fingerprint density at radius 3 is 2.58 bits per heavy atom. The van der Waals surface area contributed by atoms with Gasteiger partial charge in [-0.05, 0) is 24.1 Å². The number of hydrogen-bond donors (Lipinski definition) is 1. The lowest BCUT2D eigenvalue weighted by atomic mass is 10.2. The van der Waals surface area contributed by atoms with Crippen molar-refractivity contribution in [3.8, 4) is 5.75 Å². The molecule has 0 heterocycles. The van der Waals surface area contributed by atoms with Gasteiger partial charge in [-0.15, -0.1) is 0 Å². The first-order valence-corrected chi connectivity index (χ1v) is 9.16. The van der Waals surface area contributed by atoms with E-state index in [0.29, 0.717) is 13.0 Å². The Labute approximate surface area is 146 Å². The van der Waals surface area contributed by atoms with Crippen molar-refractivity contribution in [3.05, 3.63) is 66.0 Å². The smallest absolute Gasteiger partial charge is 0.261 e. The molecular weight excluding hydrogens is 325 g/mol. The molecule has 0 saturated heterocycles. The Morgan fingerprint density at radius 1 is 1.17 bits per heavy atom. The second kappa shape index (κ2) is 9.98.